The summed E-state index contributed by atoms with van der Waals surface area (Å²) in [6, 6.07) is 7.96. The van der Waals surface area contributed by atoms with Crippen LogP contribution in [-0.2, 0) is 6.54 Å². The molecule has 114 valence electrons. The smallest absolute Gasteiger partial charge is 0.253 e. The number of nitrogens with one attached hydrogen (secondary N) is 1. The highest BCUT2D eigenvalue weighted by Gasteiger charge is 2.10. The van der Waals surface area contributed by atoms with Crippen molar-refractivity contribution in [2.24, 2.45) is 0 Å². The molecule has 1 aromatic carbocycles. The molecule has 2 aromatic rings. The number of amides is 1. The van der Waals surface area contributed by atoms with E-state index in [1.54, 1.807) is 24.3 Å². The third kappa shape index (κ3) is 3.78. The quantitative estimate of drug-likeness (QED) is 0.853. The van der Waals surface area contributed by atoms with Gasteiger partial charge in [0.15, 0.2) is 0 Å². The van der Waals surface area contributed by atoms with Gasteiger partial charge in [-0.2, -0.15) is 0 Å². The van der Waals surface area contributed by atoms with E-state index in [9.17, 15) is 9.59 Å². The van der Waals surface area contributed by atoms with Crippen LogP contribution in [0.5, 0.6) is 0 Å². The second kappa shape index (κ2) is 7.29. The first-order valence-electron chi connectivity index (χ1n) is 6.55. The summed E-state index contributed by atoms with van der Waals surface area (Å²) in [7, 11) is 0. The molecule has 0 atom stereocenters. The van der Waals surface area contributed by atoms with Crippen LogP contribution in [0, 0.1) is 0 Å². The van der Waals surface area contributed by atoms with Gasteiger partial charge in [-0.15, -0.1) is 6.58 Å². The summed E-state index contributed by atoms with van der Waals surface area (Å²) >= 11 is 12.2. The van der Waals surface area contributed by atoms with Gasteiger partial charge in [0.2, 0.25) is 0 Å². The number of hydrogen-bond donors (Lipinski definition) is 1. The Labute approximate surface area is 138 Å². The predicted molar refractivity (Wildman–Crippen MR) is 88.8 cm³/mol. The van der Waals surface area contributed by atoms with Crippen molar-refractivity contribution < 1.29 is 4.79 Å². The number of carbonyl (C=O) groups is 1. The Bertz CT molecular complexity index is 749. The summed E-state index contributed by atoms with van der Waals surface area (Å²) in [5.41, 5.74) is 0.775. The number of aromatic nitrogens is 1. The molecule has 4 nitrogen and oxygen atoms in total. The lowest BCUT2D eigenvalue weighted by molar-refractivity contribution is 0.0957. The largest absolute Gasteiger partial charge is 0.349 e. The molecule has 0 bridgehead atoms. The van der Waals surface area contributed by atoms with E-state index in [0.29, 0.717) is 27.7 Å². The molecule has 0 saturated heterocycles. The molecule has 0 radical (unpaired) electrons. The van der Waals surface area contributed by atoms with E-state index in [1.165, 1.54) is 22.9 Å². The molecule has 0 fully saturated rings. The van der Waals surface area contributed by atoms with Crippen LogP contribution >= 0.6 is 23.2 Å². The molecule has 0 aliphatic carbocycles. The fraction of sp³-hybridized carbons (Fsp3) is 0.125. The van der Waals surface area contributed by atoms with Gasteiger partial charge in [-0.05, 0) is 18.2 Å². The predicted octanol–water partition coefficient (Wildman–Crippen LogP) is 3.12. The summed E-state index contributed by atoms with van der Waals surface area (Å²) in [5.74, 6) is -0.279. The molecule has 1 amide bonds. The standard InChI is InChI=1S/C16H14Cl2N2O2/c1-2-8-19-16(22)11-6-7-15(21)20(9-11)10-12-13(17)4-3-5-14(12)18/h2-7,9H,1,8,10H2,(H,19,22). The summed E-state index contributed by atoms with van der Waals surface area (Å²) < 4.78 is 1.40. The van der Waals surface area contributed by atoms with Crippen LogP contribution in [0.2, 0.25) is 10.0 Å². The van der Waals surface area contributed by atoms with Crippen molar-refractivity contribution >= 4 is 29.1 Å². The fourth-order valence-electron chi connectivity index (χ4n) is 1.91. The van der Waals surface area contributed by atoms with E-state index in [2.05, 4.69) is 11.9 Å². The summed E-state index contributed by atoms with van der Waals surface area (Å²) in [6.07, 6.45) is 3.07. The van der Waals surface area contributed by atoms with Gasteiger partial charge in [-0.1, -0.05) is 35.3 Å². The first-order chi connectivity index (χ1) is 10.5. The van der Waals surface area contributed by atoms with Crippen LogP contribution in [0.1, 0.15) is 15.9 Å². The highest BCUT2D eigenvalue weighted by Crippen LogP contribution is 2.24. The minimum atomic E-state index is -0.279. The maximum atomic E-state index is 12.0. The molecule has 0 aliphatic heterocycles. The van der Waals surface area contributed by atoms with E-state index in [0.717, 1.165) is 0 Å². The van der Waals surface area contributed by atoms with Crippen molar-refractivity contribution in [3.63, 3.8) is 0 Å². The summed E-state index contributed by atoms with van der Waals surface area (Å²) in [6.45, 7) is 4.08. The van der Waals surface area contributed by atoms with Gasteiger partial charge < -0.3 is 9.88 Å². The van der Waals surface area contributed by atoms with Crippen LogP contribution in [0.4, 0.5) is 0 Å². The van der Waals surface area contributed by atoms with Crippen molar-refractivity contribution in [2.75, 3.05) is 6.54 Å². The average Bonchev–Trinajstić information content (AvgIpc) is 2.50. The van der Waals surface area contributed by atoms with E-state index in [-0.39, 0.29) is 18.0 Å². The Morgan fingerprint density at radius 3 is 2.55 bits per heavy atom. The highest BCUT2D eigenvalue weighted by atomic mass is 35.5. The number of hydrogen-bond acceptors (Lipinski definition) is 2. The Kier molecular flexibility index (Phi) is 5.41. The number of nitrogens with zero attached hydrogens (tertiary/aromatic N) is 1. The average molecular weight is 337 g/mol. The number of carbonyl (C=O) groups excluding carboxylic acids is 1. The van der Waals surface area contributed by atoms with Crippen LogP contribution < -0.4 is 10.9 Å². The maximum absolute atomic E-state index is 12.0. The third-order valence-corrected chi connectivity index (χ3v) is 3.75. The lowest BCUT2D eigenvalue weighted by atomic mass is 10.2. The molecule has 1 N–H and O–H groups in total. The number of halogens is 2. The van der Waals surface area contributed by atoms with Crippen molar-refractivity contribution in [3.05, 3.63) is 80.7 Å². The maximum Gasteiger partial charge on any atom is 0.253 e. The molecule has 0 aliphatic rings. The molecule has 6 heteroatoms. The van der Waals surface area contributed by atoms with Gasteiger partial charge in [0.25, 0.3) is 11.5 Å². The van der Waals surface area contributed by atoms with E-state index < -0.39 is 0 Å². The highest BCUT2D eigenvalue weighted by molar-refractivity contribution is 6.35. The molecule has 0 spiro atoms. The molecule has 0 unspecified atom stereocenters. The number of benzene rings is 1. The lowest BCUT2D eigenvalue weighted by Crippen LogP contribution is -2.27. The Balaban J connectivity index is 2.33. The monoisotopic (exact) mass is 336 g/mol. The van der Waals surface area contributed by atoms with Crippen LogP contribution in [0.3, 0.4) is 0 Å². The third-order valence-electron chi connectivity index (χ3n) is 3.04. The zero-order valence-electron chi connectivity index (χ0n) is 11.7. The Morgan fingerprint density at radius 1 is 1.23 bits per heavy atom. The first kappa shape index (κ1) is 16.3. The minimum absolute atomic E-state index is 0.194. The van der Waals surface area contributed by atoms with Crippen LogP contribution in [0.25, 0.3) is 0 Å². The zero-order chi connectivity index (χ0) is 16.1. The zero-order valence-corrected chi connectivity index (χ0v) is 13.2. The molecule has 1 heterocycles. The fourth-order valence-corrected chi connectivity index (χ4v) is 2.43. The Hall–Kier alpha value is -2.04. The van der Waals surface area contributed by atoms with Crippen LogP contribution in [-0.4, -0.2) is 17.0 Å². The van der Waals surface area contributed by atoms with E-state index in [4.69, 9.17) is 23.2 Å². The van der Waals surface area contributed by atoms with Crippen molar-refractivity contribution in [1.82, 2.24) is 9.88 Å². The van der Waals surface area contributed by atoms with Gasteiger partial charge in [0.1, 0.15) is 0 Å². The van der Waals surface area contributed by atoms with Crippen molar-refractivity contribution in [2.45, 2.75) is 6.54 Å². The number of rotatable bonds is 5. The molecule has 1 aromatic heterocycles. The van der Waals surface area contributed by atoms with Gasteiger partial charge in [0.05, 0.1) is 12.1 Å². The molecule has 22 heavy (non-hydrogen) atoms. The Morgan fingerprint density at radius 2 is 1.91 bits per heavy atom. The van der Waals surface area contributed by atoms with Gasteiger partial charge in [0, 0.05) is 34.4 Å². The minimum Gasteiger partial charge on any atom is -0.349 e. The first-order valence-corrected chi connectivity index (χ1v) is 7.31. The topological polar surface area (TPSA) is 51.1 Å². The van der Waals surface area contributed by atoms with Gasteiger partial charge in [-0.3, -0.25) is 9.59 Å². The van der Waals surface area contributed by atoms with Gasteiger partial charge >= 0.3 is 0 Å². The van der Waals surface area contributed by atoms with Gasteiger partial charge in [-0.25, -0.2) is 0 Å². The van der Waals surface area contributed by atoms with Crippen molar-refractivity contribution in [1.29, 1.82) is 0 Å². The molecular formula is C16H14Cl2N2O2. The summed E-state index contributed by atoms with van der Waals surface area (Å²) in [5, 5.41) is 3.60. The van der Waals surface area contributed by atoms with Crippen molar-refractivity contribution in [3.8, 4) is 0 Å². The second-order valence-electron chi connectivity index (χ2n) is 4.58. The van der Waals surface area contributed by atoms with E-state index in [1.807, 2.05) is 0 Å². The normalized spacial score (nSPS) is 10.3. The van der Waals surface area contributed by atoms with Crippen LogP contribution in [0.15, 0.2) is 54.0 Å². The molecule has 2 rings (SSSR count). The second-order valence-corrected chi connectivity index (χ2v) is 5.40. The molecule has 0 saturated carbocycles. The van der Waals surface area contributed by atoms with E-state index >= 15 is 0 Å². The lowest BCUT2D eigenvalue weighted by Gasteiger charge is -2.11. The SMILES string of the molecule is C=CCNC(=O)c1ccc(=O)n(Cc2c(Cl)cccc2Cl)c1. The summed E-state index contributed by atoms with van der Waals surface area (Å²) in [4.78, 5) is 23.9. The number of pyridine rings is 1. The molecular weight excluding hydrogens is 323 g/mol.